The largest absolute Gasteiger partial charge is 0.494 e. The third kappa shape index (κ3) is 11.6. The van der Waals surface area contributed by atoms with Crippen LogP contribution >= 0.6 is 0 Å². The van der Waals surface area contributed by atoms with Crippen LogP contribution in [0.4, 0.5) is 16.7 Å². The highest BCUT2D eigenvalue weighted by Gasteiger charge is 2.25. The lowest BCUT2D eigenvalue weighted by Crippen LogP contribution is -2.49. The number of piperazine rings is 1. The number of hydroxylamine groups is 1. The number of carbonyl (C=O) groups excluding carboxylic acids is 5. The van der Waals surface area contributed by atoms with E-state index in [0.29, 0.717) is 96.4 Å². The number of hydrogen-bond donors (Lipinski definition) is 4. The SMILES string of the molecule is CCn1nc(C)cc1C(=O)Nc1nc2cc(C(=O)NOC)cc(OC)c2n1C/C=C/Cn1c(NC(=O)c2cc(C)nn2CC)nc2cc(C(N)=O)cc(OCC#CCN3CCN(C(=O)OC(C)C)CC3)c21. The predicted octanol–water partition coefficient (Wildman–Crippen LogP) is 4.14. The first-order valence-corrected chi connectivity index (χ1v) is 23.0. The molecular weight excluding hydrogens is 917 g/mol. The van der Waals surface area contributed by atoms with Crippen LogP contribution in [0.2, 0.25) is 0 Å². The lowest BCUT2D eigenvalue weighted by Gasteiger charge is -2.33. The highest BCUT2D eigenvalue weighted by molar-refractivity contribution is 6.05. The molecule has 23 nitrogen and oxygen atoms in total. The van der Waals surface area contributed by atoms with Gasteiger partial charge >= 0.3 is 6.09 Å². The van der Waals surface area contributed by atoms with Gasteiger partial charge in [-0.05, 0) is 77.9 Å². The van der Waals surface area contributed by atoms with Crippen LogP contribution in [0.1, 0.15) is 80.8 Å². The van der Waals surface area contributed by atoms with E-state index in [0.717, 1.165) is 0 Å². The summed E-state index contributed by atoms with van der Waals surface area (Å²) in [4.78, 5) is 83.8. The Bertz CT molecular complexity index is 3070. The summed E-state index contributed by atoms with van der Waals surface area (Å²) in [5.41, 5.74) is 12.0. The van der Waals surface area contributed by atoms with Gasteiger partial charge in [0.25, 0.3) is 17.7 Å². The fourth-order valence-electron chi connectivity index (χ4n) is 8.02. The van der Waals surface area contributed by atoms with Crippen molar-refractivity contribution in [2.75, 3.05) is 64.2 Å². The Balaban J connectivity index is 1.21. The van der Waals surface area contributed by atoms with Gasteiger partial charge in [0.15, 0.2) is 0 Å². The summed E-state index contributed by atoms with van der Waals surface area (Å²) in [6.07, 6.45) is 3.12. The third-order valence-electron chi connectivity index (χ3n) is 11.3. The van der Waals surface area contributed by atoms with Crippen molar-refractivity contribution in [3.8, 4) is 23.3 Å². The first-order valence-electron chi connectivity index (χ1n) is 23.0. The topological polar surface area (TPSA) is 262 Å². The van der Waals surface area contributed by atoms with Crippen LogP contribution in [0, 0.1) is 25.7 Å². The first kappa shape index (κ1) is 50.6. The maximum Gasteiger partial charge on any atom is 0.410 e. The Morgan fingerprint density at radius 3 is 1.77 bits per heavy atom. The molecule has 374 valence electrons. The van der Waals surface area contributed by atoms with Gasteiger partial charge in [-0.25, -0.2) is 20.2 Å². The molecule has 0 unspecified atom stereocenters. The summed E-state index contributed by atoms with van der Waals surface area (Å²) in [5.74, 6) is 4.86. The molecule has 0 bridgehead atoms. The van der Waals surface area contributed by atoms with Crippen LogP contribution in [-0.4, -0.2) is 138 Å². The second kappa shape index (κ2) is 22.5. The number of amides is 5. The fourth-order valence-corrected chi connectivity index (χ4v) is 8.02. The number of rotatable bonds is 18. The number of nitrogens with one attached hydrogen (secondary N) is 3. The zero-order chi connectivity index (χ0) is 50.9. The summed E-state index contributed by atoms with van der Waals surface area (Å²) in [5, 5.41) is 14.7. The van der Waals surface area contributed by atoms with Crippen molar-refractivity contribution in [2.24, 2.45) is 5.73 Å². The number of primary amides is 1. The maximum absolute atomic E-state index is 13.9. The van der Waals surface area contributed by atoms with E-state index >= 15 is 0 Å². The summed E-state index contributed by atoms with van der Waals surface area (Å²) < 4.78 is 24.0. The zero-order valence-electron chi connectivity index (χ0n) is 41.0. The van der Waals surface area contributed by atoms with Crippen molar-refractivity contribution < 1.29 is 43.0 Å². The van der Waals surface area contributed by atoms with Crippen LogP contribution in [-0.2, 0) is 35.8 Å². The van der Waals surface area contributed by atoms with Gasteiger partial charge in [0, 0.05) is 63.5 Å². The molecule has 1 saturated heterocycles. The number of imidazole rings is 2. The van der Waals surface area contributed by atoms with Crippen LogP contribution in [0.5, 0.6) is 11.5 Å². The van der Waals surface area contributed by atoms with Crippen molar-refractivity contribution in [1.82, 2.24) is 53.9 Å². The normalized spacial score (nSPS) is 12.9. The molecule has 1 aliphatic heterocycles. The molecule has 1 fully saturated rings. The Morgan fingerprint density at radius 2 is 1.27 bits per heavy atom. The quantitative estimate of drug-likeness (QED) is 0.0536. The van der Waals surface area contributed by atoms with E-state index < -0.39 is 23.6 Å². The maximum atomic E-state index is 13.9. The number of ether oxygens (including phenoxy) is 3. The Labute approximate surface area is 409 Å². The molecule has 5 N–H and O–H groups in total. The lowest BCUT2D eigenvalue weighted by atomic mass is 10.1. The minimum absolute atomic E-state index is 0.0623. The van der Waals surface area contributed by atoms with E-state index in [9.17, 15) is 24.0 Å². The third-order valence-corrected chi connectivity index (χ3v) is 11.3. The number of nitrogens with zero attached hydrogens (tertiary/aromatic N) is 10. The Morgan fingerprint density at radius 1 is 0.732 bits per heavy atom. The smallest absolute Gasteiger partial charge is 0.410 e. The molecule has 0 aliphatic carbocycles. The van der Waals surface area contributed by atoms with E-state index in [4.69, 9.17) is 34.7 Å². The molecule has 6 aromatic rings. The van der Waals surface area contributed by atoms with Crippen molar-refractivity contribution in [3.63, 3.8) is 0 Å². The molecule has 5 heterocycles. The van der Waals surface area contributed by atoms with Crippen LogP contribution in [0.15, 0.2) is 48.6 Å². The van der Waals surface area contributed by atoms with Gasteiger partial charge < -0.3 is 34.0 Å². The van der Waals surface area contributed by atoms with Crippen molar-refractivity contribution in [3.05, 3.63) is 82.5 Å². The molecular formula is C48H58N14O9. The number of anilines is 2. The van der Waals surface area contributed by atoms with E-state index in [1.807, 2.05) is 39.8 Å². The number of aromatic nitrogens is 8. The molecule has 1 aliphatic rings. The minimum atomic E-state index is -0.715. The number of allylic oxidation sites excluding steroid dienone is 2. The molecule has 71 heavy (non-hydrogen) atoms. The summed E-state index contributed by atoms with van der Waals surface area (Å²) in [6, 6.07) is 9.49. The second-order valence-corrected chi connectivity index (χ2v) is 16.7. The summed E-state index contributed by atoms with van der Waals surface area (Å²) >= 11 is 0. The number of carbonyl (C=O) groups is 5. The number of fused-ring (bicyclic) bond motifs is 2. The van der Waals surface area contributed by atoms with Gasteiger partial charge in [-0.1, -0.05) is 24.0 Å². The second-order valence-electron chi connectivity index (χ2n) is 16.7. The standard InChI is InChI=1S/C48H58N14O9/c1-9-61-36(23-30(5)54-61)44(65)52-46-51-35-26-33(43(64)56-69-8)28-38(68-7)40(35)59(46)16-11-12-17-60-41-34(50-47(60)53-45(66)37-24-31(6)55-62(37)10-2)25-32(42(49)63)27-39(41)70-22-14-13-15-57-18-20-58(21-19-57)48(67)71-29(3)4/h11-12,23-29H,9-10,15-22H2,1-8H3,(H2,49,63)(H,56,64)(H,50,53,66)(H,51,52,65)/b12-11+. The average Bonchev–Trinajstić information content (AvgIpc) is 4.11. The molecule has 4 aromatic heterocycles. The van der Waals surface area contributed by atoms with E-state index in [2.05, 4.69) is 43.1 Å². The molecule has 7 rings (SSSR count). The molecule has 0 spiro atoms. The number of hydrogen-bond acceptors (Lipinski definition) is 14. The van der Waals surface area contributed by atoms with Crippen molar-refractivity contribution >= 4 is 63.7 Å². The van der Waals surface area contributed by atoms with Crippen LogP contribution < -0.4 is 31.3 Å². The Kier molecular flexibility index (Phi) is 16.0. The van der Waals surface area contributed by atoms with Crippen LogP contribution in [0.25, 0.3) is 22.1 Å². The molecule has 5 amide bonds. The summed E-state index contributed by atoms with van der Waals surface area (Å²) in [7, 11) is 2.78. The van der Waals surface area contributed by atoms with Crippen molar-refractivity contribution in [1.29, 1.82) is 0 Å². The number of nitrogens with two attached hydrogens (primary N) is 1. The molecule has 23 heteroatoms. The fraction of sp³-hybridized carbons (Fsp3) is 0.396. The average molecular weight is 975 g/mol. The van der Waals surface area contributed by atoms with Gasteiger partial charge in [-0.3, -0.25) is 48.9 Å². The molecule has 0 atom stereocenters. The van der Waals surface area contributed by atoms with Gasteiger partial charge in [-0.15, -0.1) is 0 Å². The molecule has 0 saturated carbocycles. The van der Waals surface area contributed by atoms with Gasteiger partial charge in [0.1, 0.15) is 40.5 Å². The van der Waals surface area contributed by atoms with Gasteiger partial charge in [-0.2, -0.15) is 10.2 Å². The number of benzene rings is 2. The Hall–Kier alpha value is -8.23. The number of methoxy groups -OCH3 is 1. The zero-order valence-corrected chi connectivity index (χ0v) is 41.0. The highest BCUT2D eigenvalue weighted by atomic mass is 16.6. The van der Waals surface area contributed by atoms with Gasteiger partial charge in [0.2, 0.25) is 17.8 Å². The van der Waals surface area contributed by atoms with E-state index in [1.54, 1.807) is 61.5 Å². The first-order chi connectivity index (χ1) is 34.1. The van der Waals surface area contributed by atoms with E-state index in [1.165, 1.54) is 26.4 Å². The van der Waals surface area contributed by atoms with Crippen LogP contribution in [0.3, 0.4) is 0 Å². The minimum Gasteiger partial charge on any atom is -0.494 e. The number of aryl methyl sites for hydroxylation is 4. The monoisotopic (exact) mass is 974 g/mol. The van der Waals surface area contributed by atoms with Crippen molar-refractivity contribution in [2.45, 2.75) is 73.8 Å². The molecule has 2 aromatic carbocycles. The predicted molar refractivity (Wildman–Crippen MR) is 262 cm³/mol. The molecule has 0 radical (unpaired) electrons. The van der Waals surface area contributed by atoms with Gasteiger partial charge in [0.05, 0.1) is 49.3 Å². The lowest BCUT2D eigenvalue weighted by molar-refractivity contribution is 0.0537. The highest BCUT2D eigenvalue weighted by Crippen LogP contribution is 2.33. The van der Waals surface area contributed by atoms with E-state index in [-0.39, 0.29) is 60.7 Å². The summed E-state index contributed by atoms with van der Waals surface area (Å²) in [6.45, 7) is 14.8.